The Kier molecular flexibility index (Phi) is 5.35. The maximum absolute atomic E-state index is 12.1. The van der Waals surface area contributed by atoms with E-state index in [1.807, 2.05) is 24.4 Å². The van der Waals surface area contributed by atoms with Crippen LogP contribution in [0.3, 0.4) is 0 Å². The quantitative estimate of drug-likeness (QED) is 0.493. The van der Waals surface area contributed by atoms with Crippen LogP contribution < -0.4 is 15.7 Å². The van der Waals surface area contributed by atoms with Crippen molar-refractivity contribution in [2.45, 2.75) is 13.5 Å². The van der Waals surface area contributed by atoms with Gasteiger partial charge >= 0.3 is 5.63 Å². The van der Waals surface area contributed by atoms with Crippen molar-refractivity contribution in [2.24, 2.45) is 0 Å². The summed E-state index contributed by atoms with van der Waals surface area (Å²) < 4.78 is 10.7. The largest absolute Gasteiger partial charge is 0.484 e. The minimum Gasteiger partial charge on any atom is -0.484 e. The monoisotopic (exact) mass is 407 g/mol. The standard InChI is InChI=1S/C21H17N3O4S/c1-13-7-20(26)28-18-8-16(4-5-17(13)18)27-11-19(25)23-10-15-12-29-21(24-15)14-3-2-6-22-9-14/h2-9,12H,10-11H2,1H3,(H,23,25). The maximum atomic E-state index is 12.1. The fourth-order valence-electron chi connectivity index (χ4n) is 2.79. The summed E-state index contributed by atoms with van der Waals surface area (Å²) in [5.74, 6) is 0.181. The zero-order valence-electron chi connectivity index (χ0n) is 15.5. The molecule has 4 aromatic rings. The van der Waals surface area contributed by atoms with E-state index in [0.717, 1.165) is 27.2 Å². The van der Waals surface area contributed by atoms with Crippen molar-refractivity contribution >= 4 is 28.2 Å². The molecule has 0 radical (unpaired) electrons. The first-order valence-corrected chi connectivity index (χ1v) is 9.75. The zero-order valence-corrected chi connectivity index (χ0v) is 16.4. The molecule has 7 nitrogen and oxygen atoms in total. The molecule has 3 heterocycles. The van der Waals surface area contributed by atoms with Gasteiger partial charge in [-0.1, -0.05) is 0 Å². The number of fused-ring (bicyclic) bond motifs is 1. The Morgan fingerprint density at radius 1 is 1.28 bits per heavy atom. The number of thiazole rings is 1. The van der Waals surface area contributed by atoms with Crippen LogP contribution in [0, 0.1) is 6.92 Å². The number of rotatable bonds is 6. The number of aryl methyl sites for hydroxylation is 1. The molecule has 0 unspecified atom stereocenters. The number of nitrogens with zero attached hydrogens (tertiary/aromatic N) is 2. The van der Waals surface area contributed by atoms with Crippen molar-refractivity contribution in [1.29, 1.82) is 0 Å². The van der Waals surface area contributed by atoms with E-state index in [2.05, 4.69) is 15.3 Å². The molecule has 8 heteroatoms. The molecule has 1 aromatic carbocycles. The van der Waals surface area contributed by atoms with Crippen LogP contribution in [0.2, 0.25) is 0 Å². The van der Waals surface area contributed by atoms with Crippen molar-refractivity contribution in [3.8, 4) is 16.3 Å². The van der Waals surface area contributed by atoms with E-state index in [1.165, 1.54) is 17.4 Å². The van der Waals surface area contributed by atoms with E-state index in [0.29, 0.717) is 17.9 Å². The molecule has 1 N–H and O–H groups in total. The number of ether oxygens (including phenoxy) is 1. The van der Waals surface area contributed by atoms with Crippen LogP contribution in [0.25, 0.3) is 21.5 Å². The Hall–Kier alpha value is -3.52. The lowest BCUT2D eigenvalue weighted by Gasteiger charge is -2.08. The van der Waals surface area contributed by atoms with Crippen molar-refractivity contribution in [2.75, 3.05) is 6.61 Å². The summed E-state index contributed by atoms with van der Waals surface area (Å²) in [6.45, 7) is 2.00. The molecule has 3 aromatic heterocycles. The topological polar surface area (TPSA) is 94.3 Å². The van der Waals surface area contributed by atoms with Gasteiger partial charge in [-0.15, -0.1) is 11.3 Å². The average molecular weight is 407 g/mol. The maximum Gasteiger partial charge on any atom is 0.336 e. The predicted octanol–water partition coefficient (Wildman–Crippen LogP) is 3.32. The highest BCUT2D eigenvalue weighted by atomic mass is 32.1. The summed E-state index contributed by atoms with van der Waals surface area (Å²) in [6, 6.07) is 10.4. The molecule has 0 aliphatic rings. The van der Waals surface area contributed by atoms with Crippen molar-refractivity contribution < 1.29 is 13.9 Å². The number of hydrogen-bond donors (Lipinski definition) is 1. The van der Waals surface area contributed by atoms with Crippen LogP contribution in [-0.2, 0) is 11.3 Å². The summed E-state index contributed by atoms with van der Waals surface area (Å²) in [5.41, 5.74) is 2.55. The number of nitrogens with one attached hydrogen (secondary N) is 1. The Balaban J connectivity index is 1.33. The molecule has 0 saturated heterocycles. The molecule has 1 amide bonds. The van der Waals surface area contributed by atoms with Gasteiger partial charge < -0.3 is 14.5 Å². The highest BCUT2D eigenvalue weighted by Crippen LogP contribution is 2.23. The van der Waals surface area contributed by atoms with Crippen LogP contribution in [0.15, 0.2) is 63.4 Å². The van der Waals surface area contributed by atoms with Crippen molar-refractivity contribution in [3.63, 3.8) is 0 Å². The molecule has 0 fully saturated rings. The van der Waals surface area contributed by atoms with Gasteiger partial charge in [-0.05, 0) is 36.8 Å². The molecule has 146 valence electrons. The van der Waals surface area contributed by atoms with E-state index >= 15 is 0 Å². The van der Waals surface area contributed by atoms with Gasteiger partial charge in [0.15, 0.2) is 6.61 Å². The van der Waals surface area contributed by atoms with Crippen LogP contribution in [-0.4, -0.2) is 22.5 Å². The minimum absolute atomic E-state index is 0.152. The minimum atomic E-state index is -0.418. The lowest BCUT2D eigenvalue weighted by molar-refractivity contribution is -0.123. The Morgan fingerprint density at radius 3 is 3.00 bits per heavy atom. The van der Waals surface area contributed by atoms with Crippen LogP contribution in [0.1, 0.15) is 11.3 Å². The van der Waals surface area contributed by atoms with Gasteiger partial charge in [-0.25, -0.2) is 9.78 Å². The summed E-state index contributed by atoms with van der Waals surface area (Å²) in [5, 5.41) is 6.36. The number of amides is 1. The number of benzene rings is 1. The molecule has 0 spiro atoms. The lowest BCUT2D eigenvalue weighted by atomic mass is 10.1. The molecule has 0 aliphatic heterocycles. The molecular formula is C21H17N3O4S. The average Bonchev–Trinajstić information content (AvgIpc) is 3.20. The summed E-state index contributed by atoms with van der Waals surface area (Å²) in [4.78, 5) is 32.2. The van der Waals surface area contributed by atoms with E-state index in [1.54, 1.807) is 30.6 Å². The second kappa shape index (κ2) is 8.24. The lowest BCUT2D eigenvalue weighted by Crippen LogP contribution is -2.28. The van der Waals surface area contributed by atoms with E-state index < -0.39 is 5.63 Å². The number of pyridine rings is 1. The molecule has 29 heavy (non-hydrogen) atoms. The van der Waals surface area contributed by atoms with Crippen LogP contribution in [0.5, 0.6) is 5.75 Å². The summed E-state index contributed by atoms with van der Waals surface area (Å²) in [6.07, 6.45) is 3.46. The molecule has 0 saturated carbocycles. The van der Waals surface area contributed by atoms with Crippen molar-refractivity contribution in [3.05, 3.63) is 75.8 Å². The van der Waals surface area contributed by atoms with E-state index in [9.17, 15) is 9.59 Å². The second-order valence-electron chi connectivity index (χ2n) is 6.36. The highest BCUT2D eigenvalue weighted by Gasteiger charge is 2.09. The van der Waals surface area contributed by atoms with Crippen LogP contribution >= 0.6 is 11.3 Å². The zero-order chi connectivity index (χ0) is 20.2. The first kappa shape index (κ1) is 18.8. The normalized spacial score (nSPS) is 10.8. The second-order valence-corrected chi connectivity index (χ2v) is 7.22. The first-order chi connectivity index (χ1) is 14.1. The van der Waals surface area contributed by atoms with Gasteiger partial charge in [0.25, 0.3) is 5.91 Å². The highest BCUT2D eigenvalue weighted by molar-refractivity contribution is 7.13. The van der Waals surface area contributed by atoms with Crippen molar-refractivity contribution in [1.82, 2.24) is 15.3 Å². The molecule has 0 atom stereocenters. The van der Waals surface area contributed by atoms with Gasteiger partial charge in [0.1, 0.15) is 16.3 Å². The van der Waals surface area contributed by atoms with E-state index in [4.69, 9.17) is 9.15 Å². The number of hydrogen-bond acceptors (Lipinski definition) is 7. The predicted molar refractivity (Wildman–Crippen MR) is 110 cm³/mol. The van der Waals surface area contributed by atoms with Gasteiger partial charge in [0.05, 0.1) is 12.2 Å². The van der Waals surface area contributed by atoms with Gasteiger partial charge in [0, 0.05) is 40.9 Å². The molecule has 0 aliphatic carbocycles. The third kappa shape index (κ3) is 4.49. The number of carbonyl (C=O) groups excluding carboxylic acids is 1. The molecule has 0 bridgehead atoms. The van der Waals surface area contributed by atoms with Gasteiger partial charge in [0.2, 0.25) is 0 Å². The fraction of sp³-hybridized carbons (Fsp3) is 0.143. The summed E-state index contributed by atoms with van der Waals surface area (Å²) >= 11 is 1.50. The fourth-order valence-corrected chi connectivity index (χ4v) is 3.60. The molecule has 4 rings (SSSR count). The van der Waals surface area contributed by atoms with Crippen LogP contribution in [0.4, 0.5) is 0 Å². The number of carbonyl (C=O) groups is 1. The number of aromatic nitrogens is 2. The van der Waals surface area contributed by atoms with Gasteiger partial charge in [-0.3, -0.25) is 9.78 Å². The SMILES string of the molecule is Cc1cc(=O)oc2cc(OCC(=O)NCc3csc(-c4cccnc4)n3)ccc12. The third-order valence-corrected chi connectivity index (χ3v) is 5.16. The molecular weight excluding hydrogens is 390 g/mol. The first-order valence-electron chi connectivity index (χ1n) is 8.87. The Morgan fingerprint density at radius 2 is 2.17 bits per heavy atom. The summed E-state index contributed by atoms with van der Waals surface area (Å²) in [7, 11) is 0. The van der Waals surface area contributed by atoms with E-state index in [-0.39, 0.29) is 12.5 Å². The Labute approximate surface area is 170 Å². The third-order valence-electron chi connectivity index (χ3n) is 4.22. The Bertz CT molecular complexity index is 1220. The smallest absolute Gasteiger partial charge is 0.336 e. The van der Waals surface area contributed by atoms with Gasteiger partial charge in [-0.2, -0.15) is 0 Å².